The van der Waals surface area contributed by atoms with Gasteiger partial charge in [-0.25, -0.2) is 4.79 Å². The smallest absolute Gasteiger partial charge is 0.374 e. The Bertz CT molecular complexity index is 607. The molecule has 18 heavy (non-hydrogen) atoms. The Morgan fingerprint density at radius 1 is 1.33 bits per heavy atom. The lowest BCUT2D eigenvalue weighted by Gasteiger charge is -2.04. The number of rotatable bonds is 3. The van der Waals surface area contributed by atoms with Gasteiger partial charge in [-0.3, -0.25) is 0 Å². The average molecular weight is 241 g/mol. The van der Waals surface area contributed by atoms with Crippen molar-refractivity contribution in [1.29, 1.82) is 5.26 Å². The molecule has 0 saturated carbocycles. The Balaban J connectivity index is 2.04. The van der Waals surface area contributed by atoms with Crippen molar-refractivity contribution in [2.75, 3.05) is 0 Å². The summed E-state index contributed by atoms with van der Waals surface area (Å²) in [6.45, 7) is 1.81. The molecule has 1 aromatic carbocycles. The Hall–Kier alpha value is -2.54. The molecule has 0 aliphatic rings. The molecule has 2 aromatic rings. The van der Waals surface area contributed by atoms with Crippen LogP contribution in [0.5, 0.6) is 0 Å². The van der Waals surface area contributed by atoms with Crippen LogP contribution in [0.15, 0.2) is 40.8 Å². The van der Waals surface area contributed by atoms with Crippen LogP contribution in [-0.2, 0) is 11.3 Å². The van der Waals surface area contributed by atoms with E-state index in [1.165, 1.54) is 0 Å². The highest BCUT2D eigenvalue weighted by Crippen LogP contribution is 2.12. The molecule has 0 aliphatic carbocycles. The number of hydrogen-bond donors (Lipinski definition) is 0. The van der Waals surface area contributed by atoms with E-state index in [0.29, 0.717) is 16.9 Å². The summed E-state index contributed by atoms with van der Waals surface area (Å²) in [4.78, 5) is 11.6. The molecule has 0 N–H and O–H groups in total. The summed E-state index contributed by atoms with van der Waals surface area (Å²) in [6, 6.07) is 12.3. The fraction of sp³-hybridized carbons (Fsp3) is 0.143. The highest BCUT2D eigenvalue weighted by atomic mass is 16.5. The second-order valence-electron chi connectivity index (χ2n) is 3.76. The van der Waals surface area contributed by atoms with Crippen molar-refractivity contribution in [2.45, 2.75) is 13.5 Å². The van der Waals surface area contributed by atoms with Crippen LogP contribution in [0.4, 0.5) is 0 Å². The zero-order chi connectivity index (χ0) is 13.0. The van der Waals surface area contributed by atoms with E-state index in [1.807, 2.05) is 6.07 Å². The predicted molar refractivity (Wildman–Crippen MR) is 63.7 cm³/mol. The summed E-state index contributed by atoms with van der Waals surface area (Å²) in [5, 5.41) is 8.90. The van der Waals surface area contributed by atoms with Gasteiger partial charge in [0.15, 0.2) is 0 Å². The number of ether oxygens (including phenoxy) is 1. The van der Waals surface area contributed by atoms with Gasteiger partial charge in [0.2, 0.25) is 5.76 Å². The fourth-order valence-corrected chi connectivity index (χ4v) is 1.51. The Morgan fingerprint density at radius 3 is 2.78 bits per heavy atom. The maximum Gasteiger partial charge on any atom is 0.374 e. The molecular weight excluding hydrogens is 230 g/mol. The zero-order valence-electron chi connectivity index (χ0n) is 9.84. The maximum atomic E-state index is 11.6. The summed E-state index contributed by atoms with van der Waals surface area (Å²) in [5.74, 6) is 0.289. The minimum absolute atomic E-state index is 0.0579. The summed E-state index contributed by atoms with van der Waals surface area (Å²) in [5.41, 5.74) is 1.18. The number of nitriles is 1. The van der Waals surface area contributed by atoms with Crippen LogP contribution >= 0.6 is 0 Å². The first-order valence-corrected chi connectivity index (χ1v) is 5.42. The number of esters is 1. The highest BCUT2D eigenvalue weighted by molar-refractivity contribution is 5.86. The lowest BCUT2D eigenvalue weighted by molar-refractivity contribution is 0.0434. The monoisotopic (exact) mass is 241 g/mol. The van der Waals surface area contributed by atoms with Crippen LogP contribution in [0.25, 0.3) is 0 Å². The van der Waals surface area contributed by atoms with E-state index in [2.05, 4.69) is 0 Å². The predicted octanol–water partition coefficient (Wildman–Crippen LogP) is 2.82. The minimum atomic E-state index is -0.532. The van der Waals surface area contributed by atoms with Crippen LogP contribution in [0.2, 0.25) is 0 Å². The first-order valence-electron chi connectivity index (χ1n) is 5.42. The molecule has 1 heterocycles. The van der Waals surface area contributed by atoms with Gasteiger partial charge in [-0.1, -0.05) is 18.2 Å². The second kappa shape index (κ2) is 5.19. The van der Waals surface area contributed by atoms with E-state index in [9.17, 15) is 4.79 Å². The molecule has 0 atom stereocenters. The van der Waals surface area contributed by atoms with Crippen molar-refractivity contribution in [3.63, 3.8) is 0 Å². The van der Waals surface area contributed by atoms with Crippen molar-refractivity contribution >= 4 is 5.97 Å². The third-order valence-corrected chi connectivity index (χ3v) is 2.44. The van der Waals surface area contributed by atoms with Crippen LogP contribution in [0.3, 0.4) is 0 Å². The van der Waals surface area contributed by atoms with Crippen LogP contribution < -0.4 is 0 Å². The highest BCUT2D eigenvalue weighted by Gasteiger charge is 2.12. The van der Waals surface area contributed by atoms with E-state index in [0.717, 1.165) is 0 Å². The van der Waals surface area contributed by atoms with Crippen LogP contribution in [0.1, 0.15) is 27.4 Å². The standard InChI is InChI=1S/C14H11NO3/c1-10-6-7-13(18-10)14(16)17-9-12-5-3-2-4-11(12)8-15/h2-7H,9H2,1H3. The molecule has 1 aromatic heterocycles. The number of hydrogen-bond acceptors (Lipinski definition) is 4. The van der Waals surface area contributed by atoms with E-state index in [1.54, 1.807) is 43.3 Å². The fourth-order valence-electron chi connectivity index (χ4n) is 1.51. The third-order valence-electron chi connectivity index (χ3n) is 2.44. The first kappa shape index (κ1) is 11.9. The summed E-state index contributed by atoms with van der Waals surface area (Å²) in [6.07, 6.45) is 0. The normalized spacial score (nSPS) is 9.78. The van der Waals surface area contributed by atoms with E-state index < -0.39 is 5.97 Å². The molecule has 0 radical (unpaired) electrons. The molecule has 0 amide bonds. The van der Waals surface area contributed by atoms with E-state index in [4.69, 9.17) is 14.4 Å². The lowest BCUT2D eigenvalue weighted by atomic mass is 10.1. The summed E-state index contributed by atoms with van der Waals surface area (Å²) in [7, 11) is 0. The molecule has 4 nitrogen and oxygen atoms in total. The number of furan rings is 1. The molecule has 0 unspecified atom stereocenters. The Kier molecular flexibility index (Phi) is 3.44. The van der Waals surface area contributed by atoms with Crippen LogP contribution in [0, 0.1) is 18.3 Å². The molecule has 0 spiro atoms. The average Bonchev–Trinajstić information content (AvgIpc) is 2.83. The van der Waals surface area contributed by atoms with Crippen LogP contribution in [-0.4, -0.2) is 5.97 Å². The van der Waals surface area contributed by atoms with E-state index in [-0.39, 0.29) is 12.4 Å². The van der Waals surface area contributed by atoms with Gasteiger partial charge >= 0.3 is 5.97 Å². The van der Waals surface area contributed by atoms with Gasteiger partial charge in [-0.15, -0.1) is 0 Å². The van der Waals surface area contributed by atoms with Gasteiger partial charge in [0.05, 0.1) is 11.6 Å². The molecule has 0 bridgehead atoms. The number of benzene rings is 1. The number of aryl methyl sites for hydroxylation is 1. The molecule has 0 saturated heterocycles. The maximum absolute atomic E-state index is 11.6. The van der Waals surface area contributed by atoms with Crippen molar-refractivity contribution in [1.82, 2.24) is 0 Å². The second-order valence-corrected chi connectivity index (χ2v) is 3.76. The lowest BCUT2D eigenvalue weighted by Crippen LogP contribution is -2.04. The first-order chi connectivity index (χ1) is 8.70. The SMILES string of the molecule is Cc1ccc(C(=O)OCc2ccccc2C#N)o1. The van der Waals surface area contributed by atoms with Crippen molar-refractivity contribution in [3.8, 4) is 6.07 Å². The van der Waals surface area contributed by atoms with E-state index >= 15 is 0 Å². The Morgan fingerprint density at radius 2 is 2.11 bits per heavy atom. The topological polar surface area (TPSA) is 63.2 Å². The quantitative estimate of drug-likeness (QED) is 0.775. The Labute approximate surface area is 104 Å². The molecule has 90 valence electrons. The van der Waals surface area contributed by atoms with Gasteiger partial charge in [-0.2, -0.15) is 5.26 Å². The van der Waals surface area contributed by atoms with Crippen molar-refractivity contribution < 1.29 is 13.9 Å². The molecule has 0 fully saturated rings. The molecule has 4 heteroatoms. The summed E-state index contributed by atoms with van der Waals surface area (Å²) >= 11 is 0. The molecular formula is C14H11NO3. The number of nitrogens with zero attached hydrogens (tertiary/aromatic N) is 1. The van der Waals surface area contributed by atoms with Gasteiger partial charge in [0, 0.05) is 5.56 Å². The molecule has 0 aliphatic heterocycles. The largest absolute Gasteiger partial charge is 0.455 e. The minimum Gasteiger partial charge on any atom is -0.455 e. The van der Waals surface area contributed by atoms with Crippen molar-refractivity contribution in [3.05, 3.63) is 59.0 Å². The van der Waals surface area contributed by atoms with Gasteiger partial charge in [-0.05, 0) is 25.1 Å². The molecule has 2 rings (SSSR count). The third kappa shape index (κ3) is 2.58. The summed E-state index contributed by atoms with van der Waals surface area (Å²) < 4.78 is 10.2. The number of carbonyl (C=O) groups is 1. The zero-order valence-corrected chi connectivity index (χ0v) is 9.84. The number of carbonyl (C=O) groups excluding carboxylic acids is 1. The van der Waals surface area contributed by atoms with Gasteiger partial charge in [0.1, 0.15) is 12.4 Å². The van der Waals surface area contributed by atoms with Crippen molar-refractivity contribution in [2.24, 2.45) is 0 Å². The van der Waals surface area contributed by atoms with Gasteiger partial charge < -0.3 is 9.15 Å². The van der Waals surface area contributed by atoms with Gasteiger partial charge in [0.25, 0.3) is 0 Å².